The maximum Gasteiger partial charge on any atom is 0.264 e. The van der Waals surface area contributed by atoms with E-state index in [1.54, 1.807) is 30.5 Å². The highest BCUT2D eigenvalue weighted by molar-refractivity contribution is 6.30. The van der Waals surface area contributed by atoms with E-state index in [2.05, 4.69) is 15.1 Å². The Morgan fingerprint density at radius 3 is 2.55 bits per heavy atom. The molecule has 0 spiro atoms. The molecule has 0 amide bonds. The van der Waals surface area contributed by atoms with Gasteiger partial charge in [0.2, 0.25) is 0 Å². The van der Waals surface area contributed by atoms with Crippen LogP contribution in [0.2, 0.25) is 5.02 Å². The number of benzene rings is 3. The van der Waals surface area contributed by atoms with Gasteiger partial charge in [0.1, 0.15) is 24.4 Å². The maximum absolute atomic E-state index is 12.7. The fourth-order valence-electron chi connectivity index (χ4n) is 3.78. The molecule has 3 aromatic carbocycles. The molecule has 2 heterocycles. The summed E-state index contributed by atoms with van der Waals surface area (Å²) in [6.45, 7) is 0.349. The Hall–Kier alpha value is -5.01. The first-order valence-corrected chi connectivity index (χ1v) is 12.9. The summed E-state index contributed by atoms with van der Waals surface area (Å²) in [4.78, 5) is 26.9. The normalized spacial score (nSPS) is 11.9. The molecule has 0 N–H and O–H groups in total. The zero-order valence-electron chi connectivity index (χ0n) is 21.4. The summed E-state index contributed by atoms with van der Waals surface area (Å²) in [5, 5.41) is 5.45. The van der Waals surface area contributed by atoms with E-state index in [0.29, 0.717) is 28.2 Å². The minimum absolute atomic E-state index is 0.0793. The van der Waals surface area contributed by atoms with Crippen molar-refractivity contribution in [1.29, 1.82) is 0 Å². The average molecular weight is 549 g/mol. The van der Waals surface area contributed by atoms with E-state index >= 15 is 0 Å². The van der Waals surface area contributed by atoms with Gasteiger partial charge in [-0.1, -0.05) is 65.3 Å². The fraction of sp³-hybridized carbons (Fsp3) is 0.0625. The number of aromatic nitrogens is 3. The third-order valence-corrected chi connectivity index (χ3v) is 6.07. The molecular formula is C32H25ClN4O3. The van der Waals surface area contributed by atoms with Crippen LogP contribution in [0, 0.1) is 0 Å². The Labute approximate surface area is 236 Å². The van der Waals surface area contributed by atoms with Crippen molar-refractivity contribution in [3.8, 4) is 5.75 Å². The number of pyridine rings is 1. The molecule has 0 radical (unpaired) electrons. The summed E-state index contributed by atoms with van der Waals surface area (Å²) in [6.07, 6.45) is 10.5. The molecule has 0 aliphatic heterocycles. The summed E-state index contributed by atoms with van der Waals surface area (Å²) in [7, 11) is 0. The van der Waals surface area contributed by atoms with E-state index in [0.717, 1.165) is 22.6 Å². The number of rotatable bonds is 10. The quantitative estimate of drug-likeness (QED) is 0.142. The summed E-state index contributed by atoms with van der Waals surface area (Å²) in [5.74, 6) is 0.749. The largest absolute Gasteiger partial charge is 0.489 e. The van der Waals surface area contributed by atoms with Crippen molar-refractivity contribution in [2.24, 2.45) is 5.16 Å². The second kappa shape index (κ2) is 13.2. The first-order chi connectivity index (χ1) is 19.6. The molecule has 8 heteroatoms. The van der Waals surface area contributed by atoms with E-state index in [1.807, 2.05) is 91.0 Å². The third-order valence-electron chi connectivity index (χ3n) is 5.83. The summed E-state index contributed by atoms with van der Waals surface area (Å²) in [6, 6.07) is 28.1. The van der Waals surface area contributed by atoms with Crippen molar-refractivity contribution < 1.29 is 9.57 Å². The van der Waals surface area contributed by atoms with Crippen LogP contribution in [0.1, 0.15) is 16.8 Å². The monoisotopic (exact) mass is 548 g/mol. The Morgan fingerprint density at radius 1 is 0.900 bits per heavy atom. The van der Waals surface area contributed by atoms with Crippen molar-refractivity contribution in [2.75, 3.05) is 0 Å². The molecule has 5 aromatic rings. The number of hydrogen-bond acceptors (Lipinski definition) is 6. The van der Waals surface area contributed by atoms with Gasteiger partial charge in [0, 0.05) is 11.2 Å². The number of halogens is 1. The lowest BCUT2D eigenvalue weighted by Crippen LogP contribution is -2.21. The van der Waals surface area contributed by atoms with Crippen LogP contribution < -0.4 is 10.3 Å². The highest BCUT2D eigenvalue weighted by Gasteiger charge is 2.03. The van der Waals surface area contributed by atoms with E-state index in [-0.39, 0.29) is 12.3 Å². The molecule has 0 saturated heterocycles. The molecular weight excluding hydrogens is 524 g/mol. The second-order valence-corrected chi connectivity index (χ2v) is 9.16. The lowest BCUT2D eigenvalue weighted by Gasteiger charge is -2.07. The van der Waals surface area contributed by atoms with Gasteiger partial charge in [-0.3, -0.25) is 14.3 Å². The average Bonchev–Trinajstić information content (AvgIpc) is 2.99. The van der Waals surface area contributed by atoms with Gasteiger partial charge in [0.25, 0.3) is 5.56 Å². The Balaban J connectivity index is 1.28. The smallest absolute Gasteiger partial charge is 0.264 e. The summed E-state index contributed by atoms with van der Waals surface area (Å²) < 4.78 is 7.24. The van der Waals surface area contributed by atoms with Crippen molar-refractivity contribution >= 4 is 40.4 Å². The molecule has 0 atom stereocenters. The number of fused-ring (bicyclic) bond motifs is 1. The topological polar surface area (TPSA) is 78.6 Å². The third kappa shape index (κ3) is 7.30. The molecule has 0 saturated carbocycles. The molecule has 0 fully saturated rings. The summed E-state index contributed by atoms with van der Waals surface area (Å²) in [5.41, 5.74) is 3.70. The number of ether oxygens (including phenoxy) is 1. The lowest BCUT2D eigenvalue weighted by molar-refractivity contribution is 0.0816. The zero-order chi connectivity index (χ0) is 27.6. The van der Waals surface area contributed by atoms with E-state index in [1.165, 1.54) is 10.9 Å². The van der Waals surface area contributed by atoms with Gasteiger partial charge in [-0.25, -0.2) is 4.98 Å². The van der Waals surface area contributed by atoms with Crippen molar-refractivity contribution in [3.63, 3.8) is 0 Å². The van der Waals surface area contributed by atoms with Gasteiger partial charge in [-0.05, 0) is 77.9 Å². The minimum atomic E-state index is -0.195. The van der Waals surface area contributed by atoms with Crippen molar-refractivity contribution in [2.45, 2.75) is 13.3 Å². The predicted octanol–water partition coefficient (Wildman–Crippen LogP) is 6.78. The van der Waals surface area contributed by atoms with Crippen LogP contribution in [0.3, 0.4) is 0 Å². The van der Waals surface area contributed by atoms with Gasteiger partial charge in [-0.2, -0.15) is 0 Å². The van der Waals surface area contributed by atoms with Gasteiger partial charge < -0.3 is 9.57 Å². The fourth-order valence-corrected chi connectivity index (χ4v) is 3.99. The van der Waals surface area contributed by atoms with Crippen molar-refractivity contribution in [1.82, 2.24) is 14.5 Å². The zero-order valence-corrected chi connectivity index (χ0v) is 22.2. The van der Waals surface area contributed by atoms with Crippen LogP contribution >= 0.6 is 11.6 Å². The lowest BCUT2D eigenvalue weighted by atomic mass is 10.1. The van der Waals surface area contributed by atoms with Crippen LogP contribution in [0.4, 0.5) is 0 Å². The molecule has 0 unspecified atom stereocenters. The first kappa shape index (κ1) is 26.6. The molecule has 7 nitrogen and oxygen atoms in total. The number of nitrogens with zero attached hydrogens (tertiary/aromatic N) is 4. The van der Waals surface area contributed by atoms with E-state index in [4.69, 9.17) is 21.2 Å². The molecule has 0 bridgehead atoms. The molecule has 5 rings (SSSR count). The van der Waals surface area contributed by atoms with Crippen LogP contribution in [0.25, 0.3) is 23.1 Å². The Morgan fingerprint density at radius 2 is 1.73 bits per heavy atom. The second-order valence-electron chi connectivity index (χ2n) is 8.72. The number of para-hydroxylation sites is 1. The number of oxime groups is 1. The Bertz CT molecular complexity index is 1730. The Kier molecular flexibility index (Phi) is 8.76. The molecule has 0 aliphatic carbocycles. The van der Waals surface area contributed by atoms with Crippen LogP contribution in [-0.2, 0) is 18.2 Å². The van der Waals surface area contributed by atoms with E-state index < -0.39 is 0 Å². The highest BCUT2D eigenvalue weighted by Crippen LogP contribution is 2.17. The van der Waals surface area contributed by atoms with Gasteiger partial charge in [0.05, 0.1) is 16.6 Å². The van der Waals surface area contributed by atoms with Crippen LogP contribution in [0.15, 0.2) is 126 Å². The van der Waals surface area contributed by atoms with Crippen LogP contribution in [-0.4, -0.2) is 20.2 Å². The SMILES string of the molecule is O=c1c2ccccc2ncn1CO/N=C(/C=C/c1ccc(OCc2cccc(Cl)c2)cc1)\C=C\c1ccccn1. The highest BCUT2D eigenvalue weighted by atomic mass is 35.5. The number of allylic oxidation sites excluding steroid dienone is 2. The minimum Gasteiger partial charge on any atom is -0.489 e. The summed E-state index contributed by atoms with van der Waals surface area (Å²) >= 11 is 6.05. The van der Waals surface area contributed by atoms with Crippen LogP contribution in [0.5, 0.6) is 5.75 Å². The van der Waals surface area contributed by atoms with Gasteiger partial charge >= 0.3 is 0 Å². The number of hydrogen-bond donors (Lipinski definition) is 0. The molecule has 198 valence electrons. The standard InChI is InChI=1S/C32H25ClN4O3/c33-26-7-5-6-25(20-26)21-39-29-17-12-24(13-18-29)11-14-28(16-15-27-8-3-4-19-34-27)36-40-23-37-22-35-31-10-2-1-9-30(31)32(37)38/h1-20,22H,21,23H2/b14-11+,16-15+,36-28-. The molecule has 0 aliphatic rings. The first-order valence-electron chi connectivity index (χ1n) is 12.5. The van der Waals surface area contributed by atoms with E-state index in [9.17, 15) is 4.79 Å². The molecule has 40 heavy (non-hydrogen) atoms. The molecule has 2 aromatic heterocycles. The predicted molar refractivity (Wildman–Crippen MR) is 159 cm³/mol. The van der Waals surface area contributed by atoms with Gasteiger partial charge in [-0.15, -0.1) is 0 Å². The van der Waals surface area contributed by atoms with Gasteiger partial charge in [0.15, 0.2) is 6.73 Å². The maximum atomic E-state index is 12.7. The van der Waals surface area contributed by atoms with Crippen molar-refractivity contribution in [3.05, 3.63) is 148 Å².